The lowest BCUT2D eigenvalue weighted by Gasteiger charge is -2.14. The molecule has 4 nitrogen and oxygen atoms in total. The fourth-order valence-electron chi connectivity index (χ4n) is 2.14. The average Bonchev–Trinajstić information content (AvgIpc) is 2.60. The highest BCUT2D eigenvalue weighted by atomic mass is 16.5. The van der Waals surface area contributed by atoms with Gasteiger partial charge in [-0.15, -0.1) is 0 Å². The van der Waals surface area contributed by atoms with Gasteiger partial charge in [0.1, 0.15) is 5.76 Å². The normalized spacial score (nSPS) is 11.5. The number of aryl methyl sites for hydroxylation is 1. The summed E-state index contributed by atoms with van der Waals surface area (Å²) in [5, 5.41) is 8.21. The zero-order chi connectivity index (χ0) is 17.5. The van der Waals surface area contributed by atoms with E-state index in [1.165, 1.54) is 0 Å². The number of hydrogen-bond acceptors (Lipinski definition) is 4. The van der Waals surface area contributed by atoms with E-state index in [0.717, 1.165) is 11.1 Å². The Kier molecular flexibility index (Phi) is 5.90. The Labute approximate surface area is 142 Å². The van der Waals surface area contributed by atoms with Crippen LogP contribution in [0.5, 0.6) is 0 Å². The first kappa shape index (κ1) is 17.5. The van der Waals surface area contributed by atoms with Crippen molar-refractivity contribution >= 4 is 17.6 Å². The summed E-state index contributed by atoms with van der Waals surface area (Å²) in [4.78, 5) is 12.1. The number of hydrogen-bond donors (Lipinski definition) is 1. The molecule has 0 atom stereocenters. The van der Waals surface area contributed by atoms with E-state index in [4.69, 9.17) is 14.9 Å². The molecule has 24 heavy (non-hydrogen) atoms. The van der Waals surface area contributed by atoms with Crippen LogP contribution < -0.4 is 0 Å². The van der Waals surface area contributed by atoms with Gasteiger partial charge in [0.25, 0.3) is 0 Å². The fourth-order valence-corrected chi connectivity index (χ4v) is 2.14. The molecule has 0 saturated carbocycles. The molecule has 0 radical (unpaired) electrons. The second kappa shape index (κ2) is 8.11. The molecule has 124 valence electrons. The second-order valence-corrected chi connectivity index (χ2v) is 5.34. The minimum Gasteiger partial charge on any atom is -0.463 e. The first-order valence-electron chi connectivity index (χ1n) is 7.79. The van der Waals surface area contributed by atoms with Gasteiger partial charge >= 0.3 is 5.97 Å². The van der Waals surface area contributed by atoms with Crippen molar-refractivity contribution in [2.24, 2.45) is 0 Å². The monoisotopic (exact) mass is 323 g/mol. The molecule has 0 heterocycles. The predicted octanol–water partition coefficient (Wildman–Crippen LogP) is 4.33. The maximum Gasteiger partial charge on any atom is 0.337 e. The summed E-state index contributed by atoms with van der Waals surface area (Å²) >= 11 is 0. The molecular formula is C20H21NO3. The highest BCUT2D eigenvalue weighted by Gasteiger charge is 2.17. The molecule has 2 rings (SSSR count). The van der Waals surface area contributed by atoms with E-state index in [1.54, 1.807) is 13.8 Å². The van der Waals surface area contributed by atoms with Crippen molar-refractivity contribution in [3.63, 3.8) is 0 Å². The van der Waals surface area contributed by atoms with Gasteiger partial charge < -0.3 is 9.47 Å². The summed E-state index contributed by atoms with van der Waals surface area (Å²) in [6, 6.07) is 16.7. The topological polar surface area (TPSA) is 59.4 Å². The molecule has 0 aromatic heterocycles. The van der Waals surface area contributed by atoms with Crippen LogP contribution >= 0.6 is 0 Å². The Hall–Kier alpha value is -2.88. The van der Waals surface area contributed by atoms with Crippen LogP contribution in [0.1, 0.15) is 30.5 Å². The van der Waals surface area contributed by atoms with Gasteiger partial charge in [0.05, 0.1) is 12.2 Å². The van der Waals surface area contributed by atoms with Crippen molar-refractivity contribution in [2.45, 2.75) is 20.8 Å². The highest BCUT2D eigenvalue weighted by molar-refractivity contribution is 6.00. The van der Waals surface area contributed by atoms with Crippen LogP contribution in [0.2, 0.25) is 0 Å². The molecule has 0 aliphatic heterocycles. The van der Waals surface area contributed by atoms with E-state index in [0.29, 0.717) is 16.9 Å². The second-order valence-electron chi connectivity index (χ2n) is 5.34. The van der Waals surface area contributed by atoms with Crippen LogP contribution in [0.4, 0.5) is 0 Å². The van der Waals surface area contributed by atoms with Gasteiger partial charge in [0.2, 0.25) is 5.90 Å². The third-order valence-electron chi connectivity index (χ3n) is 3.48. The summed E-state index contributed by atoms with van der Waals surface area (Å²) in [6.45, 7) is 5.66. The number of nitrogens with one attached hydrogen (secondary N) is 1. The third kappa shape index (κ3) is 4.32. The zero-order valence-electron chi connectivity index (χ0n) is 14.1. The average molecular weight is 323 g/mol. The van der Waals surface area contributed by atoms with E-state index in [1.807, 2.05) is 61.5 Å². The van der Waals surface area contributed by atoms with Crippen LogP contribution in [-0.2, 0) is 14.3 Å². The van der Waals surface area contributed by atoms with E-state index >= 15 is 0 Å². The van der Waals surface area contributed by atoms with Crippen molar-refractivity contribution < 1.29 is 14.3 Å². The lowest BCUT2D eigenvalue weighted by molar-refractivity contribution is -0.138. The van der Waals surface area contributed by atoms with Crippen molar-refractivity contribution in [1.82, 2.24) is 0 Å². The number of benzene rings is 2. The summed E-state index contributed by atoms with van der Waals surface area (Å²) < 4.78 is 10.8. The highest BCUT2D eigenvalue weighted by Crippen LogP contribution is 2.23. The van der Waals surface area contributed by atoms with Crippen molar-refractivity contribution in [3.8, 4) is 0 Å². The van der Waals surface area contributed by atoms with Crippen LogP contribution in [0.3, 0.4) is 0 Å². The van der Waals surface area contributed by atoms with Gasteiger partial charge in [-0.2, -0.15) is 0 Å². The lowest BCUT2D eigenvalue weighted by atomic mass is 10.1. The van der Waals surface area contributed by atoms with Gasteiger partial charge in [-0.25, -0.2) is 4.79 Å². The number of carbonyl (C=O) groups excluding carboxylic acids is 1. The molecule has 0 saturated heterocycles. The largest absolute Gasteiger partial charge is 0.463 e. The minimum atomic E-state index is -0.451. The standard InChI is InChI=1S/C20H21NO3/c1-4-23-20(22)15(3)18(16-8-6-5-7-9-16)24-19(21)17-12-10-14(2)11-13-17/h5-13,21H,4H2,1-3H3/b18-15+,21-19?. The van der Waals surface area contributed by atoms with E-state index < -0.39 is 5.97 Å². The van der Waals surface area contributed by atoms with E-state index in [2.05, 4.69) is 0 Å². The smallest absolute Gasteiger partial charge is 0.337 e. The zero-order valence-corrected chi connectivity index (χ0v) is 14.1. The van der Waals surface area contributed by atoms with Crippen molar-refractivity contribution in [2.75, 3.05) is 6.61 Å². The Morgan fingerprint density at radius 2 is 1.62 bits per heavy atom. The van der Waals surface area contributed by atoms with E-state index in [9.17, 15) is 4.79 Å². The van der Waals surface area contributed by atoms with Crippen LogP contribution in [0.15, 0.2) is 60.2 Å². The molecule has 0 aliphatic rings. The first-order valence-corrected chi connectivity index (χ1v) is 7.79. The summed E-state index contributed by atoms with van der Waals surface area (Å²) in [6.07, 6.45) is 0. The molecule has 0 fully saturated rings. The Balaban J connectivity index is 2.36. The maximum atomic E-state index is 12.1. The third-order valence-corrected chi connectivity index (χ3v) is 3.48. The molecule has 4 heteroatoms. The van der Waals surface area contributed by atoms with Gasteiger partial charge in [0.15, 0.2) is 0 Å². The Morgan fingerprint density at radius 3 is 2.21 bits per heavy atom. The van der Waals surface area contributed by atoms with Crippen LogP contribution in [0.25, 0.3) is 5.76 Å². The van der Waals surface area contributed by atoms with Crippen LogP contribution in [-0.4, -0.2) is 18.5 Å². The number of rotatable bonds is 5. The molecule has 1 N–H and O–H groups in total. The number of ether oxygens (including phenoxy) is 2. The molecule has 2 aromatic carbocycles. The van der Waals surface area contributed by atoms with Crippen LogP contribution in [0, 0.1) is 12.3 Å². The quantitative estimate of drug-likeness (QED) is 0.293. The summed E-state index contributed by atoms with van der Waals surface area (Å²) in [5.41, 5.74) is 2.80. The van der Waals surface area contributed by atoms with Crippen molar-refractivity contribution in [1.29, 1.82) is 5.41 Å². The maximum absolute atomic E-state index is 12.1. The summed E-state index contributed by atoms with van der Waals surface area (Å²) in [7, 11) is 0. The summed E-state index contributed by atoms with van der Waals surface area (Å²) in [5.74, 6) is -0.134. The van der Waals surface area contributed by atoms with Gasteiger partial charge in [0, 0.05) is 11.1 Å². The molecule has 0 bridgehead atoms. The van der Waals surface area contributed by atoms with E-state index in [-0.39, 0.29) is 12.5 Å². The Bertz CT molecular complexity index is 746. The number of esters is 1. The molecule has 0 aliphatic carbocycles. The first-order chi connectivity index (χ1) is 11.5. The predicted molar refractivity (Wildman–Crippen MR) is 94.8 cm³/mol. The SMILES string of the molecule is CCOC(=O)/C(C)=C(/OC(=N)c1ccc(C)cc1)c1ccccc1. The van der Waals surface area contributed by atoms with Gasteiger partial charge in [-0.1, -0.05) is 48.0 Å². The van der Waals surface area contributed by atoms with Crippen molar-refractivity contribution in [3.05, 3.63) is 76.9 Å². The minimum absolute atomic E-state index is 0.0162. The van der Waals surface area contributed by atoms with Gasteiger partial charge in [-0.3, -0.25) is 5.41 Å². The molecular weight excluding hydrogens is 302 g/mol. The molecule has 0 spiro atoms. The molecule has 0 unspecified atom stereocenters. The molecule has 2 aromatic rings. The Morgan fingerprint density at radius 1 is 1.00 bits per heavy atom. The lowest BCUT2D eigenvalue weighted by Crippen LogP contribution is -2.12. The fraction of sp³-hybridized carbons (Fsp3) is 0.200. The molecule has 0 amide bonds. The van der Waals surface area contributed by atoms with Gasteiger partial charge in [-0.05, 0) is 32.9 Å². The number of carbonyl (C=O) groups is 1.